The lowest BCUT2D eigenvalue weighted by atomic mass is 10.1. The smallest absolute Gasteiger partial charge is 0.111 e. The molecule has 10 heavy (non-hydrogen) atoms. The van der Waals surface area contributed by atoms with Gasteiger partial charge in [0, 0.05) is 0 Å². The monoisotopic (exact) mass is 137 g/mol. The molecule has 0 aromatic heterocycles. The van der Waals surface area contributed by atoms with Crippen LogP contribution >= 0.6 is 0 Å². The molecule has 2 heteroatoms. The van der Waals surface area contributed by atoms with Gasteiger partial charge in [-0.05, 0) is 17.7 Å². The van der Waals surface area contributed by atoms with Crippen LogP contribution in [0, 0.1) is 6.92 Å². The minimum atomic E-state index is 0.154. The van der Waals surface area contributed by atoms with E-state index < -0.39 is 0 Å². The van der Waals surface area contributed by atoms with Crippen molar-refractivity contribution in [3.63, 3.8) is 0 Å². The topological polar surface area (TPSA) is 29.1 Å². The summed E-state index contributed by atoms with van der Waals surface area (Å²) in [5.41, 5.74) is 2.07. The van der Waals surface area contributed by atoms with Crippen molar-refractivity contribution < 1.29 is 10.1 Å². The lowest BCUT2D eigenvalue weighted by Gasteiger charge is -1.96. The van der Waals surface area contributed by atoms with Gasteiger partial charge in [0.15, 0.2) is 0 Å². The fourth-order valence-corrected chi connectivity index (χ4v) is 0.870. The molecule has 1 radical (unpaired) electrons. The fourth-order valence-electron chi connectivity index (χ4n) is 0.870. The molecule has 0 N–H and O–H groups in total. The first-order valence-electron chi connectivity index (χ1n) is 3.13. The van der Waals surface area contributed by atoms with E-state index in [0.29, 0.717) is 0 Å². The number of benzene rings is 1. The zero-order valence-corrected chi connectivity index (χ0v) is 5.83. The fraction of sp³-hybridized carbons (Fsp3) is 0.250. The largest absolute Gasteiger partial charge is 0.199 e. The van der Waals surface area contributed by atoms with Crippen molar-refractivity contribution in [1.29, 1.82) is 0 Å². The molecular weight excluding hydrogens is 128 g/mol. The summed E-state index contributed by atoms with van der Waals surface area (Å²) < 4.78 is 0. The number of hydrogen-bond donors (Lipinski definition) is 0. The summed E-state index contributed by atoms with van der Waals surface area (Å²) in [5, 5.41) is 9.71. The van der Waals surface area contributed by atoms with E-state index in [9.17, 15) is 5.26 Å². The highest BCUT2D eigenvalue weighted by Crippen LogP contribution is 2.03. The van der Waals surface area contributed by atoms with Crippen LogP contribution in [0.5, 0.6) is 0 Å². The van der Waals surface area contributed by atoms with Crippen molar-refractivity contribution >= 4 is 0 Å². The summed E-state index contributed by atoms with van der Waals surface area (Å²) in [6.45, 7) is 2.13. The molecule has 1 rings (SSSR count). The quantitative estimate of drug-likeness (QED) is 0.451. The highest BCUT2D eigenvalue weighted by molar-refractivity contribution is 5.21. The van der Waals surface area contributed by atoms with E-state index in [-0.39, 0.29) is 6.61 Å². The molecule has 0 atom stereocenters. The Morgan fingerprint density at radius 1 is 1.50 bits per heavy atom. The molecule has 53 valence electrons. The van der Waals surface area contributed by atoms with Crippen molar-refractivity contribution in [1.82, 2.24) is 0 Å². The minimum Gasteiger partial charge on any atom is -0.199 e. The van der Waals surface area contributed by atoms with Crippen LogP contribution in [0.2, 0.25) is 0 Å². The summed E-state index contributed by atoms with van der Waals surface area (Å²) in [7, 11) is 0. The number of aryl methyl sites for hydroxylation is 1. The number of hydrogen-bond acceptors (Lipinski definition) is 1. The predicted octanol–water partition coefficient (Wildman–Crippen LogP) is 1.86. The van der Waals surface area contributed by atoms with Crippen LogP contribution in [0.1, 0.15) is 11.1 Å². The van der Waals surface area contributed by atoms with E-state index in [0.717, 1.165) is 11.1 Å². The van der Waals surface area contributed by atoms with Gasteiger partial charge in [-0.15, -0.1) is 0 Å². The third kappa shape index (κ3) is 1.83. The SMILES string of the molecule is Cc1cccc(CO[O])c1. The molecule has 0 bridgehead atoms. The van der Waals surface area contributed by atoms with Gasteiger partial charge in [-0.2, -0.15) is 4.89 Å². The van der Waals surface area contributed by atoms with Gasteiger partial charge in [-0.3, -0.25) is 0 Å². The van der Waals surface area contributed by atoms with Crippen molar-refractivity contribution in [3.8, 4) is 0 Å². The van der Waals surface area contributed by atoms with Gasteiger partial charge in [-0.25, -0.2) is 0 Å². The number of rotatable bonds is 2. The van der Waals surface area contributed by atoms with E-state index in [1.54, 1.807) is 0 Å². The Hall–Kier alpha value is -0.860. The Bertz CT molecular complexity index is 208. The highest BCUT2D eigenvalue weighted by Gasteiger charge is 1.91. The zero-order valence-electron chi connectivity index (χ0n) is 5.83. The second-order valence-corrected chi connectivity index (χ2v) is 2.25. The van der Waals surface area contributed by atoms with E-state index in [4.69, 9.17) is 0 Å². The van der Waals surface area contributed by atoms with Crippen molar-refractivity contribution in [2.75, 3.05) is 0 Å². The summed E-state index contributed by atoms with van der Waals surface area (Å²) in [5.74, 6) is 0. The Labute approximate surface area is 60.0 Å². The molecule has 0 saturated heterocycles. The molecule has 1 aromatic rings. The Morgan fingerprint density at radius 3 is 2.90 bits per heavy atom. The van der Waals surface area contributed by atoms with Gasteiger partial charge >= 0.3 is 0 Å². The van der Waals surface area contributed by atoms with Crippen LogP contribution in [-0.4, -0.2) is 0 Å². The first kappa shape index (κ1) is 7.25. The third-order valence-electron chi connectivity index (χ3n) is 1.31. The molecule has 0 aliphatic rings. The molecule has 0 saturated carbocycles. The first-order chi connectivity index (χ1) is 4.83. The van der Waals surface area contributed by atoms with Gasteiger partial charge in [0.25, 0.3) is 0 Å². The molecule has 0 aliphatic carbocycles. The Kier molecular flexibility index (Phi) is 2.42. The molecular formula is C8H9O2. The summed E-state index contributed by atoms with van der Waals surface area (Å²) in [6.07, 6.45) is 0. The van der Waals surface area contributed by atoms with Crippen LogP contribution in [0.3, 0.4) is 0 Å². The summed E-state index contributed by atoms with van der Waals surface area (Å²) in [4.78, 5) is 3.73. The molecule has 0 fully saturated rings. The second-order valence-electron chi connectivity index (χ2n) is 2.25. The van der Waals surface area contributed by atoms with Gasteiger partial charge in [0.05, 0.1) is 0 Å². The van der Waals surface area contributed by atoms with Crippen LogP contribution in [0.25, 0.3) is 0 Å². The van der Waals surface area contributed by atoms with Gasteiger partial charge < -0.3 is 0 Å². The van der Waals surface area contributed by atoms with Crippen molar-refractivity contribution in [2.24, 2.45) is 0 Å². The van der Waals surface area contributed by atoms with Crippen molar-refractivity contribution in [3.05, 3.63) is 35.4 Å². The van der Waals surface area contributed by atoms with Crippen LogP contribution < -0.4 is 0 Å². The highest BCUT2D eigenvalue weighted by atomic mass is 17.1. The maximum Gasteiger partial charge on any atom is 0.111 e. The zero-order chi connectivity index (χ0) is 7.40. The van der Waals surface area contributed by atoms with E-state index >= 15 is 0 Å². The third-order valence-corrected chi connectivity index (χ3v) is 1.31. The Morgan fingerprint density at radius 2 is 2.30 bits per heavy atom. The van der Waals surface area contributed by atoms with Gasteiger partial charge in [0.1, 0.15) is 6.61 Å². The van der Waals surface area contributed by atoms with Crippen LogP contribution in [0.15, 0.2) is 24.3 Å². The van der Waals surface area contributed by atoms with Crippen molar-refractivity contribution in [2.45, 2.75) is 13.5 Å². The van der Waals surface area contributed by atoms with E-state index in [1.807, 2.05) is 31.2 Å². The predicted molar refractivity (Wildman–Crippen MR) is 36.7 cm³/mol. The lowest BCUT2D eigenvalue weighted by Crippen LogP contribution is -1.86. The summed E-state index contributed by atoms with van der Waals surface area (Å²) in [6, 6.07) is 7.68. The second kappa shape index (κ2) is 3.34. The maximum absolute atomic E-state index is 9.71. The molecule has 0 amide bonds. The molecule has 0 unspecified atom stereocenters. The summed E-state index contributed by atoms with van der Waals surface area (Å²) >= 11 is 0. The Balaban J connectivity index is 2.75. The normalized spacial score (nSPS) is 9.80. The average Bonchev–Trinajstić information content (AvgIpc) is 1.88. The standard InChI is InChI=1S/C8H9O2/c1-7-3-2-4-8(5-7)6-10-9/h2-5H,6H2,1H3. The van der Waals surface area contributed by atoms with E-state index in [1.165, 1.54) is 0 Å². The molecule has 2 nitrogen and oxygen atoms in total. The average molecular weight is 137 g/mol. The van der Waals surface area contributed by atoms with Gasteiger partial charge in [-0.1, -0.05) is 29.8 Å². The van der Waals surface area contributed by atoms with Gasteiger partial charge in [0.2, 0.25) is 0 Å². The van der Waals surface area contributed by atoms with Crippen LogP contribution in [0.4, 0.5) is 0 Å². The maximum atomic E-state index is 9.71. The molecule has 0 spiro atoms. The molecule has 0 aliphatic heterocycles. The lowest BCUT2D eigenvalue weighted by molar-refractivity contribution is -0.313. The van der Waals surface area contributed by atoms with Crippen LogP contribution in [-0.2, 0) is 16.8 Å². The molecule has 1 aromatic carbocycles. The van der Waals surface area contributed by atoms with E-state index in [2.05, 4.69) is 4.89 Å². The first-order valence-corrected chi connectivity index (χ1v) is 3.13. The minimum absolute atomic E-state index is 0.154. The molecule has 0 heterocycles.